The summed E-state index contributed by atoms with van der Waals surface area (Å²) in [6.07, 6.45) is 6.34. The van der Waals surface area contributed by atoms with Gasteiger partial charge in [0.1, 0.15) is 0 Å². The van der Waals surface area contributed by atoms with E-state index >= 15 is 0 Å². The van der Waals surface area contributed by atoms with Crippen molar-refractivity contribution in [1.29, 1.82) is 0 Å². The molecule has 0 aromatic carbocycles. The highest BCUT2D eigenvalue weighted by molar-refractivity contribution is 7.09. The van der Waals surface area contributed by atoms with E-state index in [4.69, 9.17) is 5.73 Å². The van der Waals surface area contributed by atoms with Gasteiger partial charge in [-0.3, -0.25) is 0 Å². The predicted octanol–water partition coefficient (Wildman–Crippen LogP) is 2.83. The first-order valence-corrected chi connectivity index (χ1v) is 6.33. The minimum absolute atomic E-state index is 0.332. The Hall–Kier alpha value is -0.410. The molecule has 2 atom stereocenters. The third kappa shape index (κ3) is 2.15. The van der Waals surface area contributed by atoms with Crippen LogP contribution < -0.4 is 5.73 Å². The lowest BCUT2D eigenvalue weighted by Gasteiger charge is -2.18. The molecule has 2 rings (SSSR count). The van der Waals surface area contributed by atoms with Crippen LogP contribution in [0.3, 0.4) is 0 Å². The van der Waals surface area contributed by atoms with E-state index in [1.807, 2.05) is 0 Å². The standard InChI is InChI=1S/C11H18N2S/c1-8-13-11(7-14-8)9-5-3-2-4-6-10(9)12/h7,9-10H,2-6,12H2,1H3. The van der Waals surface area contributed by atoms with Gasteiger partial charge < -0.3 is 5.73 Å². The Kier molecular flexibility index (Phi) is 3.19. The van der Waals surface area contributed by atoms with Gasteiger partial charge in [-0.2, -0.15) is 0 Å². The zero-order valence-corrected chi connectivity index (χ0v) is 9.52. The van der Waals surface area contributed by atoms with E-state index < -0.39 is 0 Å². The molecular weight excluding hydrogens is 192 g/mol. The zero-order valence-electron chi connectivity index (χ0n) is 8.70. The van der Waals surface area contributed by atoms with Gasteiger partial charge in [-0.1, -0.05) is 19.3 Å². The van der Waals surface area contributed by atoms with Crippen molar-refractivity contribution < 1.29 is 0 Å². The molecule has 2 nitrogen and oxygen atoms in total. The fourth-order valence-electron chi connectivity index (χ4n) is 2.25. The maximum Gasteiger partial charge on any atom is 0.0897 e. The van der Waals surface area contributed by atoms with Crippen molar-refractivity contribution in [2.45, 2.75) is 51.0 Å². The monoisotopic (exact) mass is 210 g/mol. The first kappa shape index (κ1) is 10.1. The van der Waals surface area contributed by atoms with Gasteiger partial charge in [-0.15, -0.1) is 11.3 Å². The number of rotatable bonds is 1. The van der Waals surface area contributed by atoms with Crippen molar-refractivity contribution in [1.82, 2.24) is 4.98 Å². The molecule has 78 valence electrons. The summed E-state index contributed by atoms with van der Waals surface area (Å²) in [5.74, 6) is 0.516. The Labute approximate surface area is 89.5 Å². The molecule has 1 aliphatic rings. The molecule has 1 saturated carbocycles. The summed E-state index contributed by atoms with van der Waals surface area (Å²) in [5.41, 5.74) is 7.42. The smallest absolute Gasteiger partial charge is 0.0897 e. The second kappa shape index (κ2) is 4.41. The van der Waals surface area contributed by atoms with E-state index in [0.717, 1.165) is 5.01 Å². The maximum absolute atomic E-state index is 6.18. The third-order valence-corrected chi connectivity index (χ3v) is 3.88. The number of aryl methyl sites for hydroxylation is 1. The number of thiazole rings is 1. The molecule has 1 aromatic rings. The van der Waals surface area contributed by atoms with Crippen LogP contribution in [0.4, 0.5) is 0 Å². The Balaban J connectivity index is 2.14. The average molecular weight is 210 g/mol. The first-order valence-electron chi connectivity index (χ1n) is 5.45. The van der Waals surface area contributed by atoms with Crippen molar-refractivity contribution in [3.8, 4) is 0 Å². The van der Waals surface area contributed by atoms with Crippen LogP contribution in [0.2, 0.25) is 0 Å². The van der Waals surface area contributed by atoms with Crippen LogP contribution in [-0.2, 0) is 0 Å². The Morgan fingerprint density at radius 1 is 1.36 bits per heavy atom. The van der Waals surface area contributed by atoms with Crippen LogP contribution in [0.5, 0.6) is 0 Å². The second-order valence-corrected chi connectivity index (χ2v) is 5.26. The van der Waals surface area contributed by atoms with Gasteiger partial charge in [0, 0.05) is 17.3 Å². The minimum atomic E-state index is 0.332. The number of hydrogen-bond donors (Lipinski definition) is 1. The normalized spacial score (nSPS) is 28.7. The molecule has 0 radical (unpaired) electrons. The van der Waals surface area contributed by atoms with Crippen LogP contribution in [0.25, 0.3) is 0 Å². The molecule has 0 bridgehead atoms. The molecule has 3 heteroatoms. The summed E-state index contributed by atoms with van der Waals surface area (Å²) in [6.45, 7) is 2.07. The van der Waals surface area contributed by atoms with E-state index in [1.165, 1.54) is 37.8 Å². The van der Waals surface area contributed by atoms with Gasteiger partial charge in [-0.05, 0) is 19.8 Å². The maximum atomic E-state index is 6.18. The lowest BCUT2D eigenvalue weighted by Crippen LogP contribution is -2.27. The van der Waals surface area contributed by atoms with Crippen LogP contribution >= 0.6 is 11.3 Å². The van der Waals surface area contributed by atoms with Gasteiger partial charge in [0.2, 0.25) is 0 Å². The van der Waals surface area contributed by atoms with Gasteiger partial charge in [-0.25, -0.2) is 4.98 Å². The fraction of sp³-hybridized carbons (Fsp3) is 0.727. The Bertz CT molecular complexity index is 295. The molecule has 2 unspecified atom stereocenters. The van der Waals surface area contributed by atoms with Crippen molar-refractivity contribution in [2.24, 2.45) is 5.73 Å². The van der Waals surface area contributed by atoms with Crippen LogP contribution in [0.15, 0.2) is 5.38 Å². The average Bonchev–Trinajstić information content (AvgIpc) is 2.46. The lowest BCUT2D eigenvalue weighted by atomic mass is 9.93. The Morgan fingerprint density at radius 2 is 2.14 bits per heavy atom. The second-order valence-electron chi connectivity index (χ2n) is 4.20. The van der Waals surface area contributed by atoms with Crippen molar-refractivity contribution in [3.05, 3.63) is 16.1 Å². The first-order chi connectivity index (χ1) is 6.77. The lowest BCUT2D eigenvalue weighted by molar-refractivity contribution is 0.496. The molecule has 0 amide bonds. The van der Waals surface area contributed by atoms with E-state index in [2.05, 4.69) is 17.3 Å². The molecule has 2 N–H and O–H groups in total. The molecule has 1 aromatic heterocycles. The molecule has 1 fully saturated rings. The van der Waals surface area contributed by atoms with E-state index in [9.17, 15) is 0 Å². The molecule has 1 heterocycles. The number of nitrogens with zero attached hydrogens (tertiary/aromatic N) is 1. The summed E-state index contributed by atoms with van der Waals surface area (Å²) in [5, 5.41) is 3.35. The van der Waals surface area contributed by atoms with Crippen molar-refractivity contribution in [2.75, 3.05) is 0 Å². The topological polar surface area (TPSA) is 38.9 Å². The molecule has 0 spiro atoms. The Morgan fingerprint density at radius 3 is 2.86 bits per heavy atom. The van der Waals surface area contributed by atoms with Gasteiger partial charge >= 0.3 is 0 Å². The zero-order chi connectivity index (χ0) is 9.97. The van der Waals surface area contributed by atoms with Crippen LogP contribution in [0.1, 0.15) is 48.7 Å². The number of aromatic nitrogens is 1. The summed E-state index contributed by atoms with van der Waals surface area (Å²) >= 11 is 1.74. The highest BCUT2D eigenvalue weighted by Gasteiger charge is 2.23. The molecule has 1 aliphatic carbocycles. The number of hydrogen-bond acceptors (Lipinski definition) is 3. The van der Waals surface area contributed by atoms with Gasteiger partial charge in [0.05, 0.1) is 10.7 Å². The van der Waals surface area contributed by atoms with E-state index in [-0.39, 0.29) is 0 Å². The highest BCUT2D eigenvalue weighted by Crippen LogP contribution is 2.31. The summed E-state index contributed by atoms with van der Waals surface area (Å²) < 4.78 is 0. The molecule has 0 aliphatic heterocycles. The minimum Gasteiger partial charge on any atom is -0.327 e. The van der Waals surface area contributed by atoms with E-state index in [0.29, 0.717) is 12.0 Å². The SMILES string of the molecule is Cc1nc(C2CCCCCC2N)cs1. The molecular formula is C11H18N2S. The van der Waals surface area contributed by atoms with Gasteiger partial charge in [0.25, 0.3) is 0 Å². The fourth-order valence-corrected chi connectivity index (χ4v) is 2.93. The van der Waals surface area contributed by atoms with Crippen LogP contribution in [-0.4, -0.2) is 11.0 Å². The van der Waals surface area contributed by atoms with E-state index in [1.54, 1.807) is 11.3 Å². The summed E-state index contributed by atoms with van der Waals surface area (Å²) in [4.78, 5) is 4.56. The molecule has 0 saturated heterocycles. The summed E-state index contributed by atoms with van der Waals surface area (Å²) in [6, 6.07) is 0.332. The summed E-state index contributed by atoms with van der Waals surface area (Å²) in [7, 11) is 0. The quantitative estimate of drug-likeness (QED) is 0.724. The van der Waals surface area contributed by atoms with Crippen molar-refractivity contribution >= 4 is 11.3 Å². The van der Waals surface area contributed by atoms with Crippen LogP contribution in [0, 0.1) is 6.92 Å². The number of nitrogens with two attached hydrogens (primary N) is 1. The van der Waals surface area contributed by atoms with Gasteiger partial charge in [0.15, 0.2) is 0 Å². The highest BCUT2D eigenvalue weighted by atomic mass is 32.1. The molecule has 14 heavy (non-hydrogen) atoms. The van der Waals surface area contributed by atoms with Crippen molar-refractivity contribution in [3.63, 3.8) is 0 Å². The third-order valence-electron chi connectivity index (χ3n) is 3.09. The largest absolute Gasteiger partial charge is 0.327 e. The predicted molar refractivity (Wildman–Crippen MR) is 60.7 cm³/mol.